The number of hydrogen-bond acceptors (Lipinski definition) is 3. The van der Waals surface area contributed by atoms with E-state index in [-0.39, 0.29) is 0 Å². The minimum Gasteiger partial charge on any atom is -0.328 e. The number of aromatic nitrogens is 1. The maximum atomic E-state index is 5.91. The Balaban J connectivity index is 1.96. The van der Waals surface area contributed by atoms with Crippen LogP contribution in [0.5, 0.6) is 0 Å². The normalized spacial score (nSPS) is 26.8. The second kappa shape index (κ2) is 5.08. The van der Waals surface area contributed by atoms with E-state index in [0.717, 1.165) is 6.42 Å². The summed E-state index contributed by atoms with van der Waals surface area (Å²) in [5.74, 6) is 0.687. The predicted molar refractivity (Wildman–Crippen MR) is 65.3 cm³/mol. The van der Waals surface area contributed by atoms with Gasteiger partial charge in [0.15, 0.2) is 0 Å². The molecule has 0 spiro atoms. The van der Waals surface area contributed by atoms with Crippen molar-refractivity contribution in [2.75, 3.05) is 0 Å². The minimum absolute atomic E-state index is 0.440. The summed E-state index contributed by atoms with van der Waals surface area (Å²) in [6.45, 7) is 2.21. The highest BCUT2D eigenvalue weighted by atomic mass is 32.1. The third kappa shape index (κ3) is 2.79. The third-order valence-corrected chi connectivity index (χ3v) is 4.15. The van der Waals surface area contributed by atoms with E-state index in [1.165, 1.54) is 42.8 Å². The smallest absolute Gasteiger partial charge is 0.0928 e. The first-order chi connectivity index (χ1) is 7.29. The van der Waals surface area contributed by atoms with E-state index in [0.29, 0.717) is 12.0 Å². The van der Waals surface area contributed by atoms with Crippen LogP contribution in [0.25, 0.3) is 0 Å². The van der Waals surface area contributed by atoms with E-state index in [2.05, 4.69) is 12.3 Å². The molecule has 84 valence electrons. The van der Waals surface area contributed by atoms with Crippen LogP contribution >= 0.6 is 11.3 Å². The molecule has 1 aromatic rings. The van der Waals surface area contributed by atoms with Gasteiger partial charge in [0.25, 0.3) is 0 Å². The van der Waals surface area contributed by atoms with Crippen molar-refractivity contribution in [1.29, 1.82) is 0 Å². The number of hydrogen-bond donors (Lipinski definition) is 1. The van der Waals surface area contributed by atoms with Crippen LogP contribution < -0.4 is 5.73 Å². The van der Waals surface area contributed by atoms with Gasteiger partial charge in [0.1, 0.15) is 0 Å². The molecular formula is C12H20N2S. The largest absolute Gasteiger partial charge is 0.328 e. The monoisotopic (exact) mass is 224 g/mol. The summed E-state index contributed by atoms with van der Waals surface area (Å²) >= 11 is 1.83. The number of nitrogens with zero attached hydrogens (tertiary/aromatic N) is 1. The Kier molecular flexibility index (Phi) is 3.76. The fourth-order valence-corrected chi connectivity index (χ4v) is 3.24. The Bertz CT molecular complexity index is 300. The first-order valence-corrected chi connectivity index (χ1v) is 6.87. The zero-order valence-electron chi connectivity index (χ0n) is 9.41. The number of rotatable bonds is 3. The Morgan fingerprint density at radius 2 is 2.13 bits per heavy atom. The molecule has 2 rings (SSSR count). The van der Waals surface area contributed by atoms with Gasteiger partial charge in [0.05, 0.1) is 10.7 Å². The molecule has 0 amide bonds. The van der Waals surface area contributed by atoms with Gasteiger partial charge in [-0.3, -0.25) is 0 Å². The lowest BCUT2D eigenvalue weighted by Gasteiger charge is -2.24. The standard InChI is InChI=1S/C12H20N2S/c1-2-3-12-14-11(8-15-12)9-4-6-10(13)7-5-9/h8-10H,2-7,13H2,1H3. The minimum atomic E-state index is 0.440. The lowest BCUT2D eigenvalue weighted by Crippen LogP contribution is -2.25. The SMILES string of the molecule is CCCc1nc(C2CCC(N)CC2)cs1. The maximum absolute atomic E-state index is 5.91. The number of nitrogens with two attached hydrogens (primary N) is 1. The second-order valence-corrected chi connectivity index (χ2v) is 5.47. The topological polar surface area (TPSA) is 38.9 Å². The van der Waals surface area contributed by atoms with Crippen LogP contribution in [0, 0.1) is 0 Å². The van der Waals surface area contributed by atoms with Crippen molar-refractivity contribution >= 4 is 11.3 Å². The molecule has 1 aliphatic carbocycles. The van der Waals surface area contributed by atoms with E-state index in [4.69, 9.17) is 10.7 Å². The van der Waals surface area contributed by atoms with Gasteiger partial charge >= 0.3 is 0 Å². The fraction of sp³-hybridized carbons (Fsp3) is 0.750. The van der Waals surface area contributed by atoms with Gasteiger partial charge in [-0.2, -0.15) is 0 Å². The molecule has 0 atom stereocenters. The third-order valence-electron chi connectivity index (χ3n) is 3.22. The molecule has 0 aliphatic heterocycles. The van der Waals surface area contributed by atoms with Crippen molar-refractivity contribution in [3.05, 3.63) is 16.1 Å². The highest BCUT2D eigenvalue weighted by molar-refractivity contribution is 7.09. The van der Waals surface area contributed by atoms with Crippen LogP contribution in [0.3, 0.4) is 0 Å². The van der Waals surface area contributed by atoms with Crippen LogP contribution in [-0.4, -0.2) is 11.0 Å². The molecule has 1 saturated carbocycles. The van der Waals surface area contributed by atoms with Crippen molar-refractivity contribution in [3.8, 4) is 0 Å². The first-order valence-electron chi connectivity index (χ1n) is 5.99. The molecule has 2 nitrogen and oxygen atoms in total. The average molecular weight is 224 g/mol. The van der Waals surface area contributed by atoms with E-state index in [1.54, 1.807) is 0 Å². The summed E-state index contributed by atoms with van der Waals surface area (Å²) in [5.41, 5.74) is 7.24. The molecule has 15 heavy (non-hydrogen) atoms. The molecule has 1 aromatic heterocycles. The van der Waals surface area contributed by atoms with E-state index in [1.807, 2.05) is 11.3 Å². The molecule has 0 aromatic carbocycles. The van der Waals surface area contributed by atoms with Gasteiger partial charge in [0.2, 0.25) is 0 Å². The van der Waals surface area contributed by atoms with Crippen molar-refractivity contribution in [1.82, 2.24) is 4.98 Å². The average Bonchev–Trinajstić information content (AvgIpc) is 2.68. The molecule has 0 radical (unpaired) electrons. The van der Waals surface area contributed by atoms with Crippen molar-refractivity contribution in [3.63, 3.8) is 0 Å². The predicted octanol–water partition coefficient (Wildman–Crippen LogP) is 3.08. The highest BCUT2D eigenvalue weighted by Gasteiger charge is 2.21. The highest BCUT2D eigenvalue weighted by Crippen LogP contribution is 2.32. The summed E-state index contributed by atoms with van der Waals surface area (Å²) in [4.78, 5) is 4.73. The van der Waals surface area contributed by atoms with Gasteiger partial charge in [-0.1, -0.05) is 6.92 Å². The Morgan fingerprint density at radius 1 is 1.40 bits per heavy atom. The summed E-state index contributed by atoms with van der Waals surface area (Å²) in [6, 6.07) is 0.440. The van der Waals surface area contributed by atoms with Crippen LogP contribution in [0.2, 0.25) is 0 Å². The Labute approximate surface area is 95.9 Å². The Morgan fingerprint density at radius 3 is 2.80 bits per heavy atom. The van der Waals surface area contributed by atoms with Crippen LogP contribution in [0.4, 0.5) is 0 Å². The Hall–Kier alpha value is -0.410. The van der Waals surface area contributed by atoms with E-state index < -0.39 is 0 Å². The quantitative estimate of drug-likeness (QED) is 0.857. The van der Waals surface area contributed by atoms with Gasteiger partial charge in [0, 0.05) is 17.3 Å². The molecule has 3 heteroatoms. The maximum Gasteiger partial charge on any atom is 0.0928 e. The molecular weight excluding hydrogens is 204 g/mol. The number of aryl methyl sites for hydroxylation is 1. The zero-order chi connectivity index (χ0) is 10.7. The van der Waals surface area contributed by atoms with Crippen molar-refractivity contribution in [2.45, 2.75) is 57.4 Å². The number of thiazole rings is 1. The molecule has 0 unspecified atom stereocenters. The van der Waals surface area contributed by atoms with Gasteiger partial charge in [-0.25, -0.2) is 4.98 Å². The molecule has 0 bridgehead atoms. The summed E-state index contributed by atoms with van der Waals surface area (Å²) in [6.07, 6.45) is 7.14. The fourth-order valence-electron chi connectivity index (χ4n) is 2.26. The molecule has 1 fully saturated rings. The van der Waals surface area contributed by atoms with E-state index >= 15 is 0 Å². The summed E-state index contributed by atoms with van der Waals surface area (Å²) in [7, 11) is 0. The van der Waals surface area contributed by atoms with Crippen LogP contribution in [0.15, 0.2) is 5.38 Å². The van der Waals surface area contributed by atoms with Crippen LogP contribution in [0.1, 0.15) is 55.6 Å². The first kappa shape index (κ1) is 11.1. The second-order valence-electron chi connectivity index (χ2n) is 4.53. The zero-order valence-corrected chi connectivity index (χ0v) is 10.2. The van der Waals surface area contributed by atoms with Crippen molar-refractivity contribution in [2.24, 2.45) is 5.73 Å². The summed E-state index contributed by atoms with van der Waals surface area (Å²) < 4.78 is 0. The molecule has 1 aliphatic rings. The lowest BCUT2D eigenvalue weighted by molar-refractivity contribution is 0.391. The summed E-state index contributed by atoms with van der Waals surface area (Å²) in [5, 5.41) is 3.56. The molecule has 1 heterocycles. The van der Waals surface area contributed by atoms with Gasteiger partial charge in [-0.05, 0) is 38.5 Å². The van der Waals surface area contributed by atoms with E-state index in [9.17, 15) is 0 Å². The van der Waals surface area contributed by atoms with Crippen LogP contribution in [-0.2, 0) is 6.42 Å². The van der Waals surface area contributed by atoms with Gasteiger partial charge in [-0.15, -0.1) is 11.3 Å². The van der Waals surface area contributed by atoms with Crippen molar-refractivity contribution < 1.29 is 0 Å². The van der Waals surface area contributed by atoms with Gasteiger partial charge < -0.3 is 5.73 Å². The molecule has 2 N–H and O–H groups in total. The molecule has 0 saturated heterocycles. The lowest BCUT2D eigenvalue weighted by atomic mass is 9.85.